The Labute approximate surface area is 170 Å². The smallest absolute Gasteiger partial charge is 0.252 e. The summed E-state index contributed by atoms with van der Waals surface area (Å²) >= 11 is 0. The molecule has 0 atom stereocenters. The molecule has 0 spiro atoms. The van der Waals surface area contributed by atoms with Crippen molar-refractivity contribution in [3.05, 3.63) is 47.5 Å². The van der Waals surface area contributed by atoms with Crippen LogP contribution in [-0.2, 0) is 11.5 Å². The van der Waals surface area contributed by atoms with Crippen LogP contribution in [0.4, 0.5) is 15.9 Å². The molecule has 154 valence electrons. The molecule has 0 saturated carbocycles. The first-order valence-corrected chi connectivity index (χ1v) is 13.1. The van der Waals surface area contributed by atoms with Crippen LogP contribution in [0.3, 0.4) is 0 Å². The number of carbonyl (C=O) groups excluding carboxylic acids is 1. The van der Waals surface area contributed by atoms with Crippen molar-refractivity contribution in [3.63, 3.8) is 0 Å². The van der Waals surface area contributed by atoms with Crippen LogP contribution >= 0.6 is 0 Å². The quantitative estimate of drug-likeness (QED) is 0.428. The first-order valence-electron chi connectivity index (χ1n) is 9.41. The number of benzene rings is 1. The Hall–Kier alpha value is -2.78. The Morgan fingerprint density at radius 2 is 2.10 bits per heavy atom. The third-order valence-electron chi connectivity index (χ3n) is 4.44. The summed E-state index contributed by atoms with van der Waals surface area (Å²) in [6, 6.07) is 5.89. The van der Waals surface area contributed by atoms with Gasteiger partial charge >= 0.3 is 0 Å². The summed E-state index contributed by atoms with van der Waals surface area (Å²) in [5.41, 5.74) is 7.69. The predicted octanol–water partition coefficient (Wildman–Crippen LogP) is 4.03. The van der Waals surface area contributed by atoms with Crippen molar-refractivity contribution in [2.45, 2.75) is 39.3 Å². The lowest BCUT2D eigenvalue weighted by Gasteiger charge is -2.15. The molecule has 0 saturated heterocycles. The normalized spacial score (nSPS) is 11.8. The molecule has 3 rings (SSSR count). The van der Waals surface area contributed by atoms with Gasteiger partial charge in [-0.15, -0.1) is 0 Å². The van der Waals surface area contributed by atoms with Crippen LogP contribution in [0.5, 0.6) is 0 Å². The average molecular weight is 416 g/mol. The maximum Gasteiger partial charge on any atom is 0.252 e. The Morgan fingerprint density at radius 1 is 1.34 bits per heavy atom. The minimum Gasteiger partial charge on any atom is -0.365 e. The minimum absolute atomic E-state index is 0.245. The van der Waals surface area contributed by atoms with Gasteiger partial charge in [0, 0.05) is 20.9 Å². The van der Waals surface area contributed by atoms with Crippen LogP contribution in [0.2, 0.25) is 25.7 Å². The highest BCUT2D eigenvalue weighted by Crippen LogP contribution is 2.23. The molecule has 2 aromatic heterocycles. The van der Waals surface area contributed by atoms with E-state index in [0.717, 1.165) is 11.6 Å². The van der Waals surface area contributed by atoms with Crippen LogP contribution in [0.1, 0.15) is 15.9 Å². The summed E-state index contributed by atoms with van der Waals surface area (Å²) < 4.78 is 21.6. The zero-order chi connectivity index (χ0) is 21.2. The summed E-state index contributed by atoms with van der Waals surface area (Å²) in [5.74, 6) is -0.681. The molecule has 0 aliphatic rings. The maximum atomic E-state index is 14.1. The molecule has 3 aromatic rings. The van der Waals surface area contributed by atoms with Crippen molar-refractivity contribution in [1.82, 2.24) is 14.5 Å². The second-order valence-electron chi connectivity index (χ2n) is 8.26. The van der Waals surface area contributed by atoms with Crippen molar-refractivity contribution < 1.29 is 13.9 Å². The molecule has 2 heterocycles. The van der Waals surface area contributed by atoms with Crippen molar-refractivity contribution in [3.8, 4) is 0 Å². The minimum atomic E-state index is -1.19. The third kappa shape index (κ3) is 5.18. The molecular formula is C20H26FN5O2Si. The highest BCUT2D eigenvalue weighted by molar-refractivity contribution is 6.76. The molecule has 9 heteroatoms. The van der Waals surface area contributed by atoms with Crippen LogP contribution in [0.15, 0.2) is 30.6 Å². The molecule has 29 heavy (non-hydrogen) atoms. The van der Waals surface area contributed by atoms with E-state index in [0.29, 0.717) is 23.6 Å². The van der Waals surface area contributed by atoms with Gasteiger partial charge in [-0.3, -0.25) is 4.79 Å². The number of halogens is 1. The Kier molecular flexibility index (Phi) is 5.99. The predicted molar refractivity (Wildman–Crippen MR) is 115 cm³/mol. The van der Waals surface area contributed by atoms with E-state index in [1.54, 1.807) is 22.9 Å². The molecule has 0 fully saturated rings. The summed E-state index contributed by atoms with van der Waals surface area (Å²) in [4.78, 5) is 20.7. The SMILES string of the molecule is Cc1ccc(Nc2cnc3c(n2)c(C(N)=O)cn3COCC[Si](C)(C)C)c(F)c1. The van der Waals surface area contributed by atoms with Gasteiger partial charge in [-0.2, -0.15) is 0 Å². The van der Waals surface area contributed by atoms with Gasteiger partial charge in [0.2, 0.25) is 0 Å². The number of carbonyl (C=O) groups is 1. The number of hydrogen-bond acceptors (Lipinski definition) is 5. The molecule has 0 aliphatic carbocycles. The number of ether oxygens (including phenoxy) is 1. The molecule has 7 nitrogen and oxygen atoms in total. The highest BCUT2D eigenvalue weighted by atomic mass is 28.3. The lowest BCUT2D eigenvalue weighted by molar-refractivity contribution is 0.0895. The van der Waals surface area contributed by atoms with Gasteiger partial charge in [0.25, 0.3) is 5.91 Å². The van der Waals surface area contributed by atoms with E-state index in [4.69, 9.17) is 10.5 Å². The maximum absolute atomic E-state index is 14.1. The molecule has 1 amide bonds. The summed E-state index contributed by atoms with van der Waals surface area (Å²) in [7, 11) is -1.19. The van der Waals surface area contributed by atoms with Gasteiger partial charge in [0.15, 0.2) is 5.65 Å². The van der Waals surface area contributed by atoms with Crippen molar-refractivity contribution in [2.75, 3.05) is 11.9 Å². The Balaban J connectivity index is 1.85. The first-order chi connectivity index (χ1) is 13.6. The van der Waals surface area contributed by atoms with Crippen molar-refractivity contribution in [1.29, 1.82) is 0 Å². The van der Waals surface area contributed by atoms with Gasteiger partial charge in [-0.1, -0.05) is 25.7 Å². The van der Waals surface area contributed by atoms with Gasteiger partial charge in [0.1, 0.15) is 23.9 Å². The first kappa shape index (κ1) is 20.9. The van der Waals surface area contributed by atoms with E-state index in [9.17, 15) is 9.18 Å². The molecule has 0 bridgehead atoms. The van der Waals surface area contributed by atoms with Crippen molar-refractivity contribution in [2.24, 2.45) is 5.73 Å². The molecule has 0 radical (unpaired) electrons. The van der Waals surface area contributed by atoms with Gasteiger partial charge < -0.3 is 20.4 Å². The fourth-order valence-corrected chi connectivity index (χ4v) is 3.55. The van der Waals surface area contributed by atoms with Crippen LogP contribution in [0.25, 0.3) is 11.2 Å². The van der Waals surface area contributed by atoms with Crippen LogP contribution < -0.4 is 11.1 Å². The largest absolute Gasteiger partial charge is 0.365 e. The van der Waals surface area contributed by atoms with Gasteiger partial charge in [-0.05, 0) is 30.7 Å². The van der Waals surface area contributed by atoms with E-state index in [-0.39, 0.29) is 18.0 Å². The zero-order valence-corrected chi connectivity index (χ0v) is 18.1. The number of fused-ring (bicyclic) bond motifs is 1. The third-order valence-corrected chi connectivity index (χ3v) is 6.15. The van der Waals surface area contributed by atoms with Gasteiger partial charge in [-0.25, -0.2) is 14.4 Å². The monoisotopic (exact) mass is 415 g/mol. The average Bonchev–Trinajstić information content (AvgIpc) is 2.99. The van der Waals surface area contributed by atoms with E-state index in [2.05, 4.69) is 34.9 Å². The fraction of sp³-hybridized carbons (Fsp3) is 0.350. The molecule has 3 N–H and O–H groups in total. The second kappa shape index (κ2) is 8.30. The molecule has 1 aromatic carbocycles. The summed E-state index contributed by atoms with van der Waals surface area (Å²) in [6.07, 6.45) is 3.09. The zero-order valence-electron chi connectivity index (χ0n) is 17.1. The molecule has 0 aliphatic heterocycles. The van der Waals surface area contributed by atoms with E-state index < -0.39 is 19.8 Å². The lowest BCUT2D eigenvalue weighted by Crippen LogP contribution is -2.22. The highest BCUT2D eigenvalue weighted by Gasteiger charge is 2.17. The summed E-state index contributed by atoms with van der Waals surface area (Å²) in [6.45, 7) is 9.55. The second-order valence-corrected chi connectivity index (χ2v) is 13.9. The van der Waals surface area contributed by atoms with E-state index in [1.165, 1.54) is 12.3 Å². The molecular weight excluding hydrogens is 389 g/mol. The standard InChI is InChI=1S/C20H26FN5O2Si/c1-13-5-6-16(15(21)9-13)24-17-10-23-20-18(25-17)14(19(22)27)11-26(20)12-28-7-8-29(2,3)4/h5-6,9-11H,7-8,12H2,1-4H3,(H2,22,27)(H,24,25). The molecule has 0 unspecified atom stereocenters. The van der Waals surface area contributed by atoms with Crippen LogP contribution in [0, 0.1) is 12.7 Å². The lowest BCUT2D eigenvalue weighted by atomic mass is 10.2. The number of nitrogens with one attached hydrogen (secondary N) is 1. The number of nitrogens with two attached hydrogens (primary N) is 1. The number of primary amides is 1. The number of aromatic nitrogens is 3. The summed E-state index contributed by atoms with van der Waals surface area (Å²) in [5, 5.41) is 2.90. The topological polar surface area (TPSA) is 95.1 Å². The number of amides is 1. The number of anilines is 2. The number of hydrogen-bond donors (Lipinski definition) is 2. The van der Waals surface area contributed by atoms with Gasteiger partial charge in [0.05, 0.1) is 17.4 Å². The number of nitrogens with zero attached hydrogens (tertiary/aromatic N) is 3. The Morgan fingerprint density at radius 3 is 2.76 bits per heavy atom. The van der Waals surface area contributed by atoms with E-state index in [1.807, 2.05) is 6.92 Å². The van der Waals surface area contributed by atoms with E-state index >= 15 is 0 Å². The number of rotatable bonds is 8. The Bertz CT molecular complexity index is 1050. The number of aryl methyl sites for hydroxylation is 1. The van der Waals surface area contributed by atoms with Crippen molar-refractivity contribution >= 4 is 36.7 Å². The van der Waals surface area contributed by atoms with Crippen LogP contribution in [-0.4, -0.2) is 35.1 Å². The fourth-order valence-electron chi connectivity index (χ4n) is 2.79.